The Morgan fingerprint density at radius 2 is 1.49 bits per heavy atom. The highest BCUT2D eigenvalue weighted by Gasteiger charge is 2.38. The van der Waals surface area contributed by atoms with Crippen LogP contribution in [0.3, 0.4) is 0 Å². The number of carbonyl (C=O) groups is 2. The number of hydrogen-bond acceptors (Lipinski definition) is 7. The summed E-state index contributed by atoms with van der Waals surface area (Å²) < 4.78 is 0. The fourth-order valence-electron chi connectivity index (χ4n) is 4.00. The monoisotopic (exact) mass is 475 g/mol. The summed E-state index contributed by atoms with van der Waals surface area (Å²) in [6, 6.07) is 32.2. The molecule has 2 aliphatic rings. The normalized spacial score (nSPS) is 17.4. The number of carbonyl (C=O) groups excluding carboxylic acids is 2. The molecule has 4 aromatic carbocycles. The Labute approximate surface area is 205 Å². The summed E-state index contributed by atoms with van der Waals surface area (Å²) >= 11 is 1.15. The molecule has 0 aromatic heterocycles. The lowest BCUT2D eigenvalue weighted by atomic mass is 10.0. The summed E-state index contributed by atoms with van der Waals surface area (Å²) in [5.41, 5.74) is 2.67. The highest BCUT2D eigenvalue weighted by atomic mass is 32.2. The van der Waals surface area contributed by atoms with E-state index in [2.05, 4.69) is 10.3 Å². The highest BCUT2D eigenvalue weighted by Crippen LogP contribution is 2.40. The number of rotatable bonds is 4. The molecule has 0 atom stereocenters. The number of oxime groups is 1. The van der Waals surface area contributed by atoms with Crippen LogP contribution in [0, 0.1) is 0 Å². The summed E-state index contributed by atoms with van der Waals surface area (Å²) in [5.74, 6) is -0.802. The van der Waals surface area contributed by atoms with Crippen LogP contribution in [0.2, 0.25) is 0 Å². The lowest BCUT2D eigenvalue weighted by Gasteiger charge is -2.16. The zero-order valence-electron chi connectivity index (χ0n) is 18.3. The van der Waals surface area contributed by atoms with Gasteiger partial charge in [0.05, 0.1) is 5.69 Å². The second-order valence-electron chi connectivity index (χ2n) is 7.91. The van der Waals surface area contributed by atoms with Gasteiger partial charge >= 0.3 is 5.97 Å². The van der Waals surface area contributed by atoms with Crippen molar-refractivity contribution in [2.45, 2.75) is 0 Å². The number of nitrogens with zero attached hydrogens (tertiary/aromatic N) is 3. The lowest BCUT2D eigenvalue weighted by Crippen LogP contribution is -2.18. The molecular weight excluding hydrogens is 458 g/mol. The number of fused-ring (bicyclic) bond motifs is 1. The second-order valence-corrected chi connectivity index (χ2v) is 8.89. The van der Waals surface area contributed by atoms with Crippen LogP contribution in [-0.2, 0) is 9.63 Å². The Hall–Kier alpha value is -4.49. The zero-order chi connectivity index (χ0) is 23.8. The third-order valence-corrected chi connectivity index (χ3v) is 6.74. The van der Waals surface area contributed by atoms with E-state index in [0.717, 1.165) is 33.8 Å². The van der Waals surface area contributed by atoms with Crippen LogP contribution < -0.4 is 5.01 Å². The first kappa shape index (κ1) is 21.1. The van der Waals surface area contributed by atoms with Crippen molar-refractivity contribution in [1.29, 1.82) is 0 Å². The molecule has 0 saturated carbocycles. The van der Waals surface area contributed by atoms with Gasteiger partial charge in [0.25, 0.3) is 0 Å². The zero-order valence-corrected chi connectivity index (χ0v) is 19.1. The molecule has 2 aliphatic heterocycles. The summed E-state index contributed by atoms with van der Waals surface area (Å²) in [6.07, 6.45) is 0. The second kappa shape index (κ2) is 8.70. The van der Waals surface area contributed by atoms with Crippen molar-refractivity contribution in [3.8, 4) is 0 Å². The Bertz CT molecular complexity index is 1580. The highest BCUT2D eigenvalue weighted by molar-refractivity contribution is 8.19. The average Bonchev–Trinajstić information content (AvgIpc) is 3.52. The van der Waals surface area contributed by atoms with Crippen molar-refractivity contribution >= 4 is 50.7 Å². The van der Waals surface area contributed by atoms with Gasteiger partial charge in [-0.1, -0.05) is 90.1 Å². The summed E-state index contributed by atoms with van der Waals surface area (Å²) in [7, 11) is 0. The fraction of sp³-hybridized carbons (Fsp3) is 0. The van der Waals surface area contributed by atoms with E-state index in [9.17, 15) is 9.59 Å². The molecule has 0 saturated heterocycles. The van der Waals surface area contributed by atoms with E-state index in [4.69, 9.17) is 4.84 Å². The third kappa shape index (κ3) is 3.82. The molecule has 0 bridgehead atoms. The molecule has 6 rings (SSSR count). The molecule has 0 amide bonds. The van der Waals surface area contributed by atoms with Gasteiger partial charge in [0.2, 0.25) is 5.78 Å². The summed E-state index contributed by atoms with van der Waals surface area (Å²) in [4.78, 5) is 31.4. The molecule has 0 radical (unpaired) electrons. The Kier molecular flexibility index (Phi) is 5.24. The Balaban J connectivity index is 1.45. The smallest absolute Gasteiger partial charge is 0.312 e. The quantitative estimate of drug-likeness (QED) is 0.213. The predicted molar refractivity (Wildman–Crippen MR) is 138 cm³/mol. The van der Waals surface area contributed by atoms with Crippen molar-refractivity contribution in [3.63, 3.8) is 0 Å². The van der Waals surface area contributed by atoms with Crippen LogP contribution in [-0.4, -0.2) is 22.5 Å². The van der Waals surface area contributed by atoms with E-state index in [1.54, 1.807) is 11.1 Å². The molecule has 0 aliphatic carbocycles. The molecule has 4 aromatic rings. The maximum atomic E-state index is 13.5. The summed E-state index contributed by atoms with van der Waals surface area (Å²) in [5, 5.41) is 13.1. The molecule has 6 nitrogen and oxygen atoms in total. The first-order valence-electron chi connectivity index (χ1n) is 10.9. The van der Waals surface area contributed by atoms with Gasteiger partial charge in [-0.2, -0.15) is 5.10 Å². The Morgan fingerprint density at radius 3 is 2.26 bits per heavy atom. The number of hydrazone groups is 1. The van der Waals surface area contributed by atoms with E-state index in [0.29, 0.717) is 16.3 Å². The van der Waals surface area contributed by atoms with Gasteiger partial charge in [-0.05, 0) is 40.7 Å². The number of hydrogen-bond donors (Lipinski definition) is 0. The minimum Gasteiger partial charge on any atom is -0.312 e. The predicted octanol–water partition coefficient (Wildman–Crippen LogP) is 5.76. The molecule has 0 fully saturated rings. The average molecular weight is 476 g/mol. The molecule has 0 spiro atoms. The van der Waals surface area contributed by atoms with Gasteiger partial charge in [-0.3, -0.25) is 4.79 Å². The number of thioether (sulfide) groups is 1. The van der Waals surface area contributed by atoms with Crippen molar-refractivity contribution in [3.05, 3.63) is 125 Å². The standard InChI is InChI=1S/C28H17N3O3S/c32-25(21-16-15-18-9-7-8-12-20(18)17-21)26-29-31(22-13-5-2-6-14-22)27(35-26)23-24(30-34-28(23)33)19-10-3-1-4-11-19/h1-17H. The molecular formula is C28H17N3O3S. The van der Waals surface area contributed by atoms with Crippen molar-refractivity contribution in [1.82, 2.24) is 0 Å². The number of ketones is 1. The van der Waals surface area contributed by atoms with E-state index >= 15 is 0 Å². The van der Waals surface area contributed by atoms with Crippen LogP contribution in [0.15, 0.2) is 124 Å². The maximum absolute atomic E-state index is 13.5. The van der Waals surface area contributed by atoms with Gasteiger partial charge < -0.3 is 4.84 Å². The van der Waals surface area contributed by atoms with Crippen LogP contribution in [0.4, 0.5) is 5.69 Å². The van der Waals surface area contributed by atoms with Crippen LogP contribution in [0.1, 0.15) is 15.9 Å². The van der Waals surface area contributed by atoms with E-state index in [-0.39, 0.29) is 16.4 Å². The molecule has 0 N–H and O–H groups in total. The van der Waals surface area contributed by atoms with Crippen LogP contribution >= 0.6 is 11.8 Å². The molecule has 2 heterocycles. The molecule has 35 heavy (non-hydrogen) atoms. The number of anilines is 1. The molecule has 168 valence electrons. The topological polar surface area (TPSA) is 71.3 Å². The Morgan fingerprint density at radius 1 is 0.800 bits per heavy atom. The fourth-order valence-corrected chi connectivity index (χ4v) is 5.03. The van der Waals surface area contributed by atoms with Gasteiger partial charge in [-0.25, -0.2) is 9.80 Å². The maximum Gasteiger partial charge on any atom is 0.370 e. The minimum absolute atomic E-state index is 0.221. The van der Waals surface area contributed by atoms with Gasteiger partial charge in [-0.15, -0.1) is 0 Å². The van der Waals surface area contributed by atoms with Gasteiger partial charge in [0.1, 0.15) is 16.3 Å². The van der Waals surface area contributed by atoms with Crippen molar-refractivity contribution in [2.24, 2.45) is 10.3 Å². The van der Waals surface area contributed by atoms with E-state index in [1.165, 1.54) is 0 Å². The van der Waals surface area contributed by atoms with Crippen LogP contribution in [0.5, 0.6) is 0 Å². The number of Topliss-reactive ketones (excluding diaryl/α,β-unsaturated/α-hetero) is 1. The summed E-state index contributed by atoms with van der Waals surface area (Å²) in [6.45, 7) is 0. The SMILES string of the molecule is O=C1ON=C(c2ccccc2)C1=C1SC(C(=O)c2ccc3ccccc3c2)=NN1c1ccccc1. The van der Waals surface area contributed by atoms with Crippen molar-refractivity contribution < 1.29 is 14.4 Å². The van der Waals surface area contributed by atoms with Crippen molar-refractivity contribution in [2.75, 3.05) is 5.01 Å². The van der Waals surface area contributed by atoms with Gasteiger partial charge in [0, 0.05) is 11.1 Å². The van der Waals surface area contributed by atoms with Gasteiger partial charge in [0.15, 0.2) is 5.04 Å². The number of para-hydroxylation sites is 1. The number of benzene rings is 4. The first-order chi connectivity index (χ1) is 17.2. The molecule has 0 unspecified atom stereocenters. The van der Waals surface area contributed by atoms with E-state index in [1.807, 2.05) is 97.1 Å². The van der Waals surface area contributed by atoms with Crippen LogP contribution in [0.25, 0.3) is 10.8 Å². The first-order valence-corrected chi connectivity index (χ1v) is 11.8. The largest absolute Gasteiger partial charge is 0.370 e. The lowest BCUT2D eigenvalue weighted by molar-refractivity contribution is -0.136. The molecule has 7 heteroatoms. The minimum atomic E-state index is -0.582. The third-order valence-electron chi connectivity index (χ3n) is 5.71. The van der Waals surface area contributed by atoms with E-state index < -0.39 is 5.97 Å².